The number of nitro benzene ring substituents is 1. The first-order chi connectivity index (χ1) is 11.3. The zero-order valence-electron chi connectivity index (χ0n) is 13.6. The Morgan fingerprint density at radius 2 is 1.62 bits per heavy atom. The highest BCUT2D eigenvalue weighted by Gasteiger charge is 2.49. The summed E-state index contributed by atoms with van der Waals surface area (Å²) in [6.07, 6.45) is -0.433. The van der Waals surface area contributed by atoms with Gasteiger partial charge in [-0.25, -0.2) is 9.59 Å². The highest BCUT2D eigenvalue weighted by atomic mass is 16.6. The summed E-state index contributed by atoms with van der Waals surface area (Å²) in [7, 11) is 3.32. The third-order valence-electron chi connectivity index (χ3n) is 4.85. The van der Waals surface area contributed by atoms with Crippen LogP contribution in [0.15, 0.2) is 24.3 Å². The van der Waals surface area contributed by atoms with Gasteiger partial charge in [0.25, 0.3) is 5.69 Å². The van der Waals surface area contributed by atoms with Crippen LogP contribution in [0.2, 0.25) is 0 Å². The number of rotatable bonds is 2. The summed E-state index contributed by atoms with van der Waals surface area (Å²) in [4.78, 5) is 37.7. The molecule has 2 aliphatic rings. The molecule has 128 valence electrons. The summed E-state index contributed by atoms with van der Waals surface area (Å²) < 4.78 is 0. The van der Waals surface area contributed by atoms with Gasteiger partial charge in [0.2, 0.25) is 0 Å². The van der Waals surface area contributed by atoms with Gasteiger partial charge < -0.3 is 20.4 Å². The van der Waals surface area contributed by atoms with Gasteiger partial charge in [0.05, 0.1) is 11.0 Å². The van der Waals surface area contributed by atoms with E-state index >= 15 is 0 Å². The molecule has 0 saturated carbocycles. The number of nitro groups is 1. The van der Waals surface area contributed by atoms with Crippen molar-refractivity contribution in [2.45, 2.75) is 25.2 Å². The molecule has 2 fully saturated rings. The zero-order chi connectivity index (χ0) is 17.6. The van der Waals surface area contributed by atoms with Crippen molar-refractivity contribution in [3.05, 3.63) is 39.9 Å². The normalized spacial score (nSPS) is 29.6. The van der Waals surface area contributed by atoms with Gasteiger partial charge in [-0.1, -0.05) is 12.1 Å². The molecule has 1 aromatic carbocycles. The summed E-state index contributed by atoms with van der Waals surface area (Å²) in [5.74, 6) is -0.100. The van der Waals surface area contributed by atoms with Gasteiger partial charge >= 0.3 is 12.1 Å². The average Bonchev–Trinajstić information content (AvgIpc) is 2.54. The highest BCUT2D eigenvalue weighted by Crippen LogP contribution is 2.38. The second-order valence-electron chi connectivity index (χ2n) is 6.23. The van der Waals surface area contributed by atoms with Crippen LogP contribution in [0.4, 0.5) is 15.3 Å². The van der Waals surface area contributed by atoms with E-state index in [9.17, 15) is 19.7 Å². The number of carbonyl (C=O) groups is 2. The zero-order valence-corrected chi connectivity index (χ0v) is 13.6. The standard InChI is InChI=1S/C15H19N5O4/c1-8-11-12(9-4-6-10(7-5-9)20(23)24)18(2)15(22)17-13(11)19(3)14(21)16-8/h4-8,11-13H,1-3H3,(H,16,21)(H,17,22)/t8-,11-,12-,13+/m0/s1. The van der Waals surface area contributed by atoms with Crippen molar-refractivity contribution in [3.63, 3.8) is 0 Å². The number of non-ortho nitro benzene ring substituents is 1. The molecule has 0 aromatic heterocycles. The molecule has 3 rings (SSSR count). The van der Waals surface area contributed by atoms with Gasteiger partial charge in [0.15, 0.2) is 0 Å². The number of urea groups is 2. The maximum atomic E-state index is 12.3. The topological polar surface area (TPSA) is 108 Å². The number of nitrogens with one attached hydrogen (secondary N) is 2. The summed E-state index contributed by atoms with van der Waals surface area (Å²) in [5, 5.41) is 16.6. The first-order valence-corrected chi connectivity index (χ1v) is 7.62. The number of amides is 4. The molecule has 2 saturated heterocycles. The Kier molecular flexibility index (Phi) is 3.78. The minimum atomic E-state index is -0.457. The van der Waals surface area contributed by atoms with Gasteiger partial charge in [-0.3, -0.25) is 10.1 Å². The third-order valence-corrected chi connectivity index (χ3v) is 4.85. The van der Waals surface area contributed by atoms with Gasteiger partial charge in [-0.15, -0.1) is 0 Å². The Morgan fingerprint density at radius 3 is 2.21 bits per heavy atom. The lowest BCUT2D eigenvalue weighted by atomic mass is 9.81. The van der Waals surface area contributed by atoms with E-state index in [0.29, 0.717) is 0 Å². The molecule has 1 aromatic rings. The van der Waals surface area contributed by atoms with Crippen molar-refractivity contribution >= 4 is 17.7 Å². The molecule has 9 nitrogen and oxygen atoms in total. The van der Waals surface area contributed by atoms with Crippen LogP contribution in [-0.4, -0.2) is 53.1 Å². The van der Waals surface area contributed by atoms with E-state index < -0.39 is 11.1 Å². The fourth-order valence-electron chi connectivity index (χ4n) is 3.54. The largest absolute Gasteiger partial charge is 0.335 e. The Balaban J connectivity index is 2.01. The third kappa shape index (κ3) is 2.41. The Hall–Kier alpha value is -2.84. The number of benzene rings is 1. The van der Waals surface area contributed by atoms with Crippen molar-refractivity contribution in [3.8, 4) is 0 Å². The average molecular weight is 333 g/mol. The van der Waals surface area contributed by atoms with Crippen LogP contribution >= 0.6 is 0 Å². The summed E-state index contributed by atoms with van der Waals surface area (Å²) in [6.45, 7) is 1.90. The molecular weight excluding hydrogens is 314 g/mol. The minimum absolute atomic E-state index is 0.000303. The SMILES string of the molecule is C[C@@H]1NC(=O)N(C)[C@H]2NC(=O)N(C)[C@@H](c3ccc([N+](=O)[O-])cc3)[C@H]12. The lowest BCUT2D eigenvalue weighted by Gasteiger charge is -2.52. The van der Waals surface area contributed by atoms with Crippen LogP contribution in [0.1, 0.15) is 18.5 Å². The van der Waals surface area contributed by atoms with Crippen molar-refractivity contribution in [2.24, 2.45) is 5.92 Å². The predicted octanol–water partition coefficient (Wildman–Crippen LogP) is 1.28. The fraction of sp³-hybridized carbons (Fsp3) is 0.467. The highest BCUT2D eigenvalue weighted by molar-refractivity contribution is 5.80. The summed E-state index contributed by atoms with van der Waals surface area (Å²) in [6, 6.07) is 5.20. The molecule has 2 heterocycles. The van der Waals surface area contributed by atoms with Crippen molar-refractivity contribution in [1.82, 2.24) is 20.4 Å². The van der Waals surface area contributed by atoms with E-state index in [1.807, 2.05) is 6.92 Å². The van der Waals surface area contributed by atoms with Gasteiger partial charge in [-0.05, 0) is 12.5 Å². The number of hydrogen-bond acceptors (Lipinski definition) is 4. The van der Waals surface area contributed by atoms with Crippen LogP contribution in [0.3, 0.4) is 0 Å². The second-order valence-corrected chi connectivity index (χ2v) is 6.23. The fourth-order valence-corrected chi connectivity index (χ4v) is 3.54. The predicted molar refractivity (Wildman–Crippen MR) is 85.2 cm³/mol. The maximum Gasteiger partial charge on any atom is 0.319 e. The van der Waals surface area contributed by atoms with Crippen LogP contribution in [0, 0.1) is 16.0 Å². The second kappa shape index (κ2) is 5.66. The maximum absolute atomic E-state index is 12.3. The molecule has 0 bridgehead atoms. The molecule has 2 N–H and O–H groups in total. The molecule has 0 unspecified atom stereocenters. The Labute approximate surface area is 138 Å². The van der Waals surface area contributed by atoms with Gasteiger partial charge in [0, 0.05) is 38.2 Å². The molecular formula is C15H19N5O4. The quantitative estimate of drug-likeness (QED) is 0.628. The van der Waals surface area contributed by atoms with E-state index in [1.54, 1.807) is 31.1 Å². The lowest BCUT2D eigenvalue weighted by molar-refractivity contribution is -0.384. The van der Waals surface area contributed by atoms with Crippen LogP contribution in [0.5, 0.6) is 0 Å². The smallest absolute Gasteiger partial charge is 0.319 e. The molecule has 0 radical (unpaired) electrons. The number of carbonyl (C=O) groups excluding carboxylic acids is 2. The molecule has 0 aliphatic carbocycles. The molecule has 0 spiro atoms. The minimum Gasteiger partial charge on any atom is -0.335 e. The van der Waals surface area contributed by atoms with Gasteiger partial charge in [0.1, 0.15) is 6.17 Å². The first kappa shape index (κ1) is 16.0. The summed E-state index contributed by atoms with van der Waals surface area (Å²) in [5.41, 5.74) is 0.796. The molecule has 4 atom stereocenters. The number of nitrogens with zero attached hydrogens (tertiary/aromatic N) is 3. The van der Waals surface area contributed by atoms with E-state index in [1.165, 1.54) is 17.0 Å². The van der Waals surface area contributed by atoms with Crippen LogP contribution < -0.4 is 10.6 Å². The molecule has 4 amide bonds. The Morgan fingerprint density at radius 1 is 1.04 bits per heavy atom. The van der Waals surface area contributed by atoms with Crippen molar-refractivity contribution < 1.29 is 14.5 Å². The first-order valence-electron chi connectivity index (χ1n) is 7.62. The monoisotopic (exact) mass is 333 g/mol. The summed E-state index contributed by atoms with van der Waals surface area (Å²) >= 11 is 0. The van der Waals surface area contributed by atoms with E-state index in [2.05, 4.69) is 10.6 Å². The number of fused-ring (bicyclic) bond motifs is 1. The van der Waals surface area contributed by atoms with Crippen LogP contribution in [-0.2, 0) is 0 Å². The molecule has 24 heavy (non-hydrogen) atoms. The van der Waals surface area contributed by atoms with E-state index in [4.69, 9.17) is 0 Å². The number of hydrogen-bond donors (Lipinski definition) is 2. The van der Waals surface area contributed by atoms with Gasteiger partial charge in [-0.2, -0.15) is 0 Å². The van der Waals surface area contributed by atoms with E-state index in [0.717, 1.165) is 5.56 Å². The molecule has 2 aliphatic heterocycles. The van der Waals surface area contributed by atoms with Crippen LogP contribution in [0.25, 0.3) is 0 Å². The van der Waals surface area contributed by atoms with Crippen molar-refractivity contribution in [1.29, 1.82) is 0 Å². The Bertz CT molecular complexity index is 692. The lowest BCUT2D eigenvalue weighted by Crippen LogP contribution is -2.71. The van der Waals surface area contributed by atoms with Crippen molar-refractivity contribution in [2.75, 3.05) is 14.1 Å². The molecule has 9 heteroatoms. The van der Waals surface area contributed by atoms with E-state index in [-0.39, 0.29) is 35.8 Å².